The van der Waals surface area contributed by atoms with Gasteiger partial charge >= 0.3 is 0 Å². The molecule has 0 amide bonds. The van der Waals surface area contributed by atoms with Crippen LogP contribution in [0.5, 0.6) is 0 Å². The number of carbonyl (C=O) groups excluding carboxylic acids is 2. The smallest absolute Gasteiger partial charge is 0.192 e. The Morgan fingerprint density at radius 1 is 1.52 bits per heavy atom. The Balaban J connectivity index is 0.000000338. The lowest BCUT2D eigenvalue weighted by atomic mass is 10.2. The summed E-state index contributed by atoms with van der Waals surface area (Å²) < 4.78 is 7.22. The fraction of sp³-hybridized carbons (Fsp3) is 0.462. The summed E-state index contributed by atoms with van der Waals surface area (Å²) in [4.78, 5) is 30.7. The predicted molar refractivity (Wildman–Crippen MR) is 78.1 cm³/mol. The molecule has 2 aromatic heterocycles. The van der Waals surface area contributed by atoms with Gasteiger partial charge in [-0.15, -0.1) is 0 Å². The Labute approximate surface area is 130 Å². The van der Waals surface area contributed by atoms with Gasteiger partial charge in [0, 0.05) is 13.3 Å². The summed E-state index contributed by atoms with van der Waals surface area (Å²) in [5.41, 5.74) is 6.75. The van der Waals surface area contributed by atoms with E-state index in [2.05, 4.69) is 15.0 Å². The third-order valence-electron chi connectivity index (χ3n) is 3.25. The number of nitrogens with zero attached hydrogens (tertiary/aromatic N) is 4. The number of hydrogen-bond donors (Lipinski definition) is 3. The maximum atomic E-state index is 9.71. The van der Waals surface area contributed by atoms with E-state index in [1.807, 2.05) is 0 Å². The molecule has 124 valence electrons. The monoisotopic (exact) mass is 323 g/mol. The van der Waals surface area contributed by atoms with Crippen molar-refractivity contribution in [2.24, 2.45) is 0 Å². The molecular weight excluding hydrogens is 306 g/mol. The van der Waals surface area contributed by atoms with Crippen LogP contribution in [0.1, 0.15) is 19.6 Å². The van der Waals surface area contributed by atoms with Crippen molar-refractivity contribution in [2.45, 2.75) is 31.8 Å². The quantitative estimate of drug-likeness (QED) is 0.468. The molecule has 1 aliphatic heterocycles. The SMILES string of the molecule is CC(=O)C=O.Nc1ncnc2c1ncn2[C@H]1C[C@H](O)[C@@H](CO)O1. The zero-order valence-corrected chi connectivity index (χ0v) is 12.4. The minimum atomic E-state index is -0.698. The highest BCUT2D eigenvalue weighted by Gasteiger charge is 2.35. The maximum Gasteiger partial charge on any atom is 0.192 e. The van der Waals surface area contributed by atoms with Gasteiger partial charge in [-0.05, 0) is 0 Å². The van der Waals surface area contributed by atoms with Crippen LogP contribution in [0.4, 0.5) is 5.82 Å². The minimum Gasteiger partial charge on any atom is -0.394 e. The molecule has 0 spiro atoms. The number of imidazole rings is 1. The summed E-state index contributed by atoms with van der Waals surface area (Å²) in [6, 6.07) is 0. The Kier molecular flexibility index (Phi) is 5.32. The van der Waals surface area contributed by atoms with Crippen molar-refractivity contribution >= 4 is 29.1 Å². The second-order valence-corrected chi connectivity index (χ2v) is 4.93. The van der Waals surface area contributed by atoms with E-state index in [0.29, 0.717) is 23.4 Å². The highest BCUT2D eigenvalue weighted by atomic mass is 16.5. The van der Waals surface area contributed by atoms with E-state index in [1.165, 1.54) is 13.3 Å². The lowest BCUT2D eigenvalue weighted by Gasteiger charge is -2.13. The molecule has 1 saturated heterocycles. The van der Waals surface area contributed by atoms with Gasteiger partial charge in [0.05, 0.1) is 19.0 Å². The van der Waals surface area contributed by atoms with Crippen molar-refractivity contribution in [3.8, 4) is 0 Å². The topological polar surface area (TPSA) is 153 Å². The number of aliphatic hydroxyl groups is 2. The minimum absolute atomic E-state index is 0.221. The summed E-state index contributed by atoms with van der Waals surface area (Å²) in [6.45, 7) is 0.994. The van der Waals surface area contributed by atoms with Crippen molar-refractivity contribution in [1.82, 2.24) is 19.5 Å². The van der Waals surface area contributed by atoms with Gasteiger partial charge < -0.3 is 20.7 Å². The number of carbonyl (C=O) groups is 2. The average molecular weight is 323 g/mol. The normalized spacial score (nSPS) is 23.3. The van der Waals surface area contributed by atoms with Crippen molar-refractivity contribution in [3.63, 3.8) is 0 Å². The second kappa shape index (κ2) is 7.22. The molecule has 0 bridgehead atoms. The lowest BCUT2D eigenvalue weighted by molar-refractivity contribution is -0.128. The summed E-state index contributed by atoms with van der Waals surface area (Å²) >= 11 is 0. The molecule has 0 aliphatic carbocycles. The number of rotatable bonds is 3. The molecule has 10 nitrogen and oxygen atoms in total. The molecule has 23 heavy (non-hydrogen) atoms. The van der Waals surface area contributed by atoms with Gasteiger partial charge in [0.15, 0.2) is 23.5 Å². The fourth-order valence-electron chi connectivity index (χ4n) is 2.13. The summed E-state index contributed by atoms with van der Waals surface area (Å²) in [6.07, 6.45) is 1.87. The number of nitrogen functional groups attached to an aromatic ring is 1. The summed E-state index contributed by atoms with van der Waals surface area (Å²) in [5.74, 6) is -0.124. The molecule has 3 atom stereocenters. The van der Waals surface area contributed by atoms with Gasteiger partial charge in [-0.2, -0.15) is 0 Å². The summed E-state index contributed by atoms with van der Waals surface area (Å²) in [7, 11) is 0. The first-order valence-electron chi connectivity index (χ1n) is 6.81. The molecular formula is C13H17N5O5. The van der Waals surface area contributed by atoms with E-state index in [4.69, 9.17) is 20.4 Å². The highest BCUT2D eigenvalue weighted by Crippen LogP contribution is 2.30. The highest BCUT2D eigenvalue weighted by molar-refractivity contribution is 6.23. The zero-order chi connectivity index (χ0) is 17.0. The summed E-state index contributed by atoms with van der Waals surface area (Å²) in [5, 5.41) is 18.8. The van der Waals surface area contributed by atoms with E-state index >= 15 is 0 Å². The predicted octanol–water partition coefficient (Wildman–Crippen LogP) is -1.18. The number of anilines is 1. The van der Waals surface area contributed by atoms with Gasteiger partial charge in [-0.25, -0.2) is 15.0 Å². The number of nitrogens with two attached hydrogens (primary N) is 1. The molecule has 0 radical (unpaired) electrons. The van der Waals surface area contributed by atoms with E-state index in [1.54, 1.807) is 10.9 Å². The number of aromatic nitrogens is 4. The molecule has 1 fully saturated rings. The van der Waals surface area contributed by atoms with E-state index in [0.717, 1.165) is 0 Å². The van der Waals surface area contributed by atoms with Crippen molar-refractivity contribution in [1.29, 1.82) is 0 Å². The molecule has 10 heteroatoms. The zero-order valence-electron chi connectivity index (χ0n) is 12.4. The van der Waals surface area contributed by atoms with Crippen LogP contribution < -0.4 is 5.73 Å². The molecule has 0 saturated carbocycles. The average Bonchev–Trinajstić information content (AvgIpc) is 3.11. The van der Waals surface area contributed by atoms with E-state index in [-0.39, 0.29) is 12.9 Å². The first-order chi connectivity index (χ1) is 11.0. The number of aldehydes is 1. The number of hydrogen-bond acceptors (Lipinski definition) is 9. The fourth-order valence-corrected chi connectivity index (χ4v) is 2.13. The van der Waals surface area contributed by atoms with Crippen LogP contribution in [0.15, 0.2) is 12.7 Å². The second-order valence-electron chi connectivity index (χ2n) is 4.93. The number of Topliss-reactive ketones (excluding diaryl/α,β-unsaturated/α-hetero) is 1. The number of aliphatic hydroxyl groups excluding tert-OH is 2. The van der Waals surface area contributed by atoms with Crippen molar-refractivity contribution in [3.05, 3.63) is 12.7 Å². The Morgan fingerprint density at radius 2 is 2.22 bits per heavy atom. The Hall–Kier alpha value is -2.43. The van der Waals surface area contributed by atoms with E-state index < -0.39 is 24.2 Å². The molecule has 0 unspecified atom stereocenters. The lowest BCUT2D eigenvalue weighted by Crippen LogP contribution is -2.24. The van der Waals surface area contributed by atoms with Crippen LogP contribution in [0.3, 0.4) is 0 Å². The number of fused-ring (bicyclic) bond motifs is 1. The van der Waals surface area contributed by atoms with E-state index in [9.17, 15) is 9.90 Å². The van der Waals surface area contributed by atoms with Crippen LogP contribution in [-0.4, -0.2) is 60.6 Å². The molecule has 4 N–H and O–H groups in total. The number of ketones is 1. The first-order valence-corrected chi connectivity index (χ1v) is 6.81. The van der Waals surface area contributed by atoms with Crippen molar-refractivity contribution in [2.75, 3.05) is 12.3 Å². The molecule has 0 aromatic carbocycles. The largest absolute Gasteiger partial charge is 0.394 e. The van der Waals surface area contributed by atoms with Gasteiger partial charge in [0.25, 0.3) is 0 Å². The van der Waals surface area contributed by atoms with Gasteiger partial charge in [0.1, 0.15) is 24.2 Å². The van der Waals surface area contributed by atoms with Crippen LogP contribution >= 0.6 is 0 Å². The number of ether oxygens (including phenoxy) is 1. The van der Waals surface area contributed by atoms with Crippen LogP contribution in [0.25, 0.3) is 11.2 Å². The molecule has 3 heterocycles. The molecule has 1 aliphatic rings. The maximum absolute atomic E-state index is 9.71. The van der Waals surface area contributed by atoms with Crippen LogP contribution in [0, 0.1) is 0 Å². The molecule has 3 rings (SSSR count). The Bertz CT molecular complexity index is 703. The van der Waals surface area contributed by atoms with Crippen LogP contribution in [0.2, 0.25) is 0 Å². The third kappa shape index (κ3) is 3.67. The van der Waals surface area contributed by atoms with Crippen molar-refractivity contribution < 1.29 is 24.5 Å². The standard InChI is InChI=1S/C10H13N5O3.C3H4O2/c11-9-8-10(13-3-12-9)15(4-14-8)7-1-5(17)6(2-16)18-7;1-3(5)2-4/h3-7,16-17H,1-2H2,(H2,11,12,13);2H,1H3/t5-,6+,7+;/m0./s1. The third-order valence-corrected chi connectivity index (χ3v) is 3.25. The van der Waals surface area contributed by atoms with Gasteiger partial charge in [-0.1, -0.05) is 0 Å². The van der Waals surface area contributed by atoms with Gasteiger partial charge in [0.2, 0.25) is 0 Å². The van der Waals surface area contributed by atoms with Crippen LogP contribution in [-0.2, 0) is 14.3 Å². The first kappa shape index (κ1) is 16.9. The van der Waals surface area contributed by atoms with Gasteiger partial charge in [-0.3, -0.25) is 14.2 Å². The Morgan fingerprint density at radius 3 is 2.78 bits per heavy atom. The molecule has 2 aromatic rings.